The molecule has 6 nitrogen and oxygen atoms in total. The van der Waals surface area contributed by atoms with E-state index < -0.39 is 17.1 Å². The van der Waals surface area contributed by atoms with E-state index in [-0.39, 0.29) is 54.4 Å². The standard InChI is InChI=1S/C23H34O6/c1-21-16(13-8-20(27)29-11-13)5-7-23(21,28)17-3-2-14-9-15(25)4-6-22(14,12-24)18(17)10-19(21)26/h8,14-19,24-26,28H,2-7,9-12H2,1H3/t14-,15+,16+,17+,18-,19+,21-,22+,23-/m0/s1. The zero-order valence-electron chi connectivity index (χ0n) is 17.2. The molecule has 5 rings (SSSR count). The highest BCUT2D eigenvalue weighted by atomic mass is 16.5. The number of fused-ring (bicyclic) bond motifs is 5. The number of carbonyl (C=O) groups excluding carboxylic acids is 1. The van der Waals surface area contributed by atoms with Crippen molar-refractivity contribution in [3.63, 3.8) is 0 Å². The van der Waals surface area contributed by atoms with Crippen molar-refractivity contribution >= 4 is 5.97 Å². The van der Waals surface area contributed by atoms with Crippen LogP contribution in [0.3, 0.4) is 0 Å². The molecular formula is C23H34O6. The van der Waals surface area contributed by atoms with Crippen LogP contribution in [-0.2, 0) is 9.53 Å². The van der Waals surface area contributed by atoms with Gasteiger partial charge in [0.1, 0.15) is 6.61 Å². The van der Waals surface area contributed by atoms with Crippen LogP contribution in [0.5, 0.6) is 0 Å². The third-order valence-electron chi connectivity index (χ3n) is 10.0. The van der Waals surface area contributed by atoms with Gasteiger partial charge in [0, 0.05) is 18.1 Å². The van der Waals surface area contributed by atoms with Crippen molar-refractivity contribution in [2.75, 3.05) is 13.2 Å². The summed E-state index contributed by atoms with van der Waals surface area (Å²) in [5, 5.41) is 44.3. The minimum absolute atomic E-state index is 0.0261. The Hall–Kier alpha value is -0.950. The third-order valence-corrected chi connectivity index (χ3v) is 10.0. The molecule has 4 aliphatic carbocycles. The lowest BCUT2D eigenvalue weighted by molar-refractivity contribution is -0.252. The Morgan fingerprint density at radius 1 is 1.10 bits per heavy atom. The van der Waals surface area contributed by atoms with Crippen molar-refractivity contribution in [3.8, 4) is 0 Å². The van der Waals surface area contributed by atoms with Gasteiger partial charge in [0.15, 0.2) is 0 Å². The molecular weight excluding hydrogens is 372 g/mol. The number of aliphatic hydroxyl groups excluding tert-OH is 3. The minimum Gasteiger partial charge on any atom is -0.458 e. The van der Waals surface area contributed by atoms with E-state index in [0.717, 1.165) is 31.3 Å². The molecule has 0 bridgehead atoms. The normalized spacial score (nSPS) is 54.2. The first-order valence-corrected chi connectivity index (χ1v) is 11.3. The van der Waals surface area contributed by atoms with Crippen molar-refractivity contribution in [3.05, 3.63) is 11.6 Å². The minimum atomic E-state index is -1.02. The largest absolute Gasteiger partial charge is 0.458 e. The average molecular weight is 407 g/mol. The summed E-state index contributed by atoms with van der Waals surface area (Å²) in [5.74, 6) is -0.0637. The summed E-state index contributed by atoms with van der Waals surface area (Å²) in [6.45, 7) is 2.32. The molecule has 5 aliphatic rings. The maximum atomic E-state index is 12.1. The predicted octanol–water partition coefficient (Wildman–Crippen LogP) is 1.55. The van der Waals surface area contributed by atoms with Gasteiger partial charge in [-0.3, -0.25) is 0 Å². The van der Waals surface area contributed by atoms with Crippen LogP contribution in [0.2, 0.25) is 0 Å². The highest BCUT2D eigenvalue weighted by Crippen LogP contribution is 2.69. The molecule has 29 heavy (non-hydrogen) atoms. The van der Waals surface area contributed by atoms with Gasteiger partial charge in [-0.05, 0) is 86.0 Å². The topological polar surface area (TPSA) is 107 Å². The number of aliphatic hydroxyl groups is 4. The SMILES string of the molecule is C[C@]12[C@H](O)C[C@H]3[C@@H](CC[C@H]4C[C@H](O)CC[C@@]43CO)[C@@]1(O)CC[C@@H]2C1=CC(=O)OC1. The van der Waals surface area contributed by atoms with Gasteiger partial charge >= 0.3 is 5.97 Å². The highest BCUT2D eigenvalue weighted by Gasteiger charge is 2.71. The summed E-state index contributed by atoms with van der Waals surface area (Å²) in [6.07, 6.45) is 6.37. The Labute approximate surface area is 172 Å². The van der Waals surface area contributed by atoms with Crippen LogP contribution in [0.1, 0.15) is 58.3 Å². The zero-order chi connectivity index (χ0) is 20.6. The first-order chi connectivity index (χ1) is 13.8. The molecule has 1 heterocycles. The van der Waals surface area contributed by atoms with Crippen molar-refractivity contribution in [1.82, 2.24) is 0 Å². The van der Waals surface area contributed by atoms with E-state index in [2.05, 4.69) is 0 Å². The van der Waals surface area contributed by atoms with Gasteiger partial charge in [0.05, 0.1) is 17.8 Å². The summed E-state index contributed by atoms with van der Waals surface area (Å²) >= 11 is 0. The van der Waals surface area contributed by atoms with Crippen LogP contribution in [0.25, 0.3) is 0 Å². The molecule has 162 valence electrons. The fraction of sp³-hybridized carbons (Fsp3) is 0.870. The summed E-state index contributed by atoms with van der Waals surface area (Å²) < 4.78 is 5.14. The number of cyclic esters (lactones) is 1. The molecule has 0 unspecified atom stereocenters. The van der Waals surface area contributed by atoms with E-state index >= 15 is 0 Å². The molecule has 0 radical (unpaired) electrons. The highest BCUT2D eigenvalue weighted by molar-refractivity contribution is 5.85. The summed E-state index contributed by atoms with van der Waals surface area (Å²) in [7, 11) is 0. The molecule has 6 heteroatoms. The van der Waals surface area contributed by atoms with Crippen LogP contribution in [0, 0.1) is 34.5 Å². The lowest BCUT2D eigenvalue weighted by atomic mass is 9.42. The van der Waals surface area contributed by atoms with Crippen molar-refractivity contribution in [1.29, 1.82) is 0 Å². The first-order valence-electron chi connectivity index (χ1n) is 11.3. The second-order valence-corrected chi connectivity index (χ2v) is 10.7. The quantitative estimate of drug-likeness (QED) is 0.519. The lowest BCUT2D eigenvalue weighted by Crippen LogP contribution is -2.68. The van der Waals surface area contributed by atoms with Gasteiger partial charge in [-0.25, -0.2) is 4.79 Å². The third kappa shape index (κ3) is 2.46. The van der Waals surface area contributed by atoms with Gasteiger partial charge in [-0.1, -0.05) is 6.92 Å². The Morgan fingerprint density at radius 3 is 2.59 bits per heavy atom. The Balaban J connectivity index is 1.53. The monoisotopic (exact) mass is 406 g/mol. The van der Waals surface area contributed by atoms with Crippen molar-refractivity contribution in [2.45, 2.75) is 76.1 Å². The number of rotatable bonds is 2. The smallest absolute Gasteiger partial charge is 0.331 e. The molecule has 0 saturated heterocycles. The van der Waals surface area contributed by atoms with Crippen molar-refractivity contribution in [2.24, 2.45) is 34.5 Å². The summed E-state index contributed by atoms with van der Waals surface area (Å²) in [4.78, 5) is 11.7. The Kier molecular flexibility index (Phi) is 4.49. The maximum absolute atomic E-state index is 12.1. The number of carbonyl (C=O) groups is 1. The molecule has 4 fully saturated rings. The van der Waals surface area contributed by atoms with Gasteiger partial charge in [-0.15, -0.1) is 0 Å². The van der Waals surface area contributed by atoms with E-state index in [4.69, 9.17) is 4.74 Å². The first kappa shape index (κ1) is 20.0. The fourth-order valence-corrected chi connectivity index (χ4v) is 8.48. The van der Waals surface area contributed by atoms with Crippen LogP contribution in [-0.4, -0.2) is 57.4 Å². The molecule has 0 spiro atoms. The van der Waals surface area contributed by atoms with Crippen LogP contribution in [0.4, 0.5) is 0 Å². The number of hydrogen-bond acceptors (Lipinski definition) is 6. The van der Waals surface area contributed by atoms with Crippen LogP contribution < -0.4 is 0 Å². The fourth-order valence-electron chi connectivity index (χ4n) is 8.48. The van der Waals surface area contributed by atoms with Gasteiger partial charge < -0.3 is 25.2 Å². The molecule has 0 aromatic rings. The van der Waals surface area contributed by atoms with E-state index in [1.54, 1.807) is 6.08 Å². The predicted molar refractivity (Wildman–Crippen MR) is 105 cm³/mol. The van der Waals surface area contributed by atoms with Gasteiger partial charge in [0.2, 0.25) is 0 Å². The molecule has 9 atom stereocenters. The molecule has 0 aromatic heterocycles. The Morgan fingerprint density at radius 2 is 1.90 bits per heavy atom. The molecule has 4 N–H and O–H groups in total. The van der Waals surface area contributed by atoms with Crippen molar-refractivity contribution < 1.29 is 30.0 Å². The number of hydrogen-bond donors (Lipinski definition) is 4. The van der Waals surface area contributed by atoms with Gasteiger partial charge in [-0.2, -0.15) is 0 Å². The lowest BCUT2D eigenvalue weighted by Gasteiger charge is -2.65. The summed E-state index contributed by atoms with van der Waals surface area (Å²) in [6, 6.07) is 0. The van der Waals surface area contributed by atoms with Crippen LogP contribution >= 0.6 is 0 Å². The van der Waals surface area contributed by atoms with E-state index in [1.807, 2.05) is 6.92 Å². The summed E-state index contributed by atoms with van der Waals surface area (Å²) in [5.41, 5.74) is -1.15. The molecule has 1 aliphatic heterocycles. The van der Waals surface area contributed by atoms with E-state index in [9.17, 15) is 25.2 Å². The van der Waals surface area contributed by atoms with E-state index in [0.29, 0.717) is 25.7 Å². The van der Waals surface area contributed by atoms with Gasteiger partial charge in [0.25, 0.3) is 0 Å². The zero-order valence-corrected chi connectivity index (χ0v) is 17.2. The molecule has 4 saturated carbocycles. The molecule has 0 aromatic carbocycles. The number of ether oxygens (including phenoxy) is 1. The van der Waals surface area contributed by atoms with Crippen LogP contribution in [0.15, 0.2) is 11.6 Å². The van der Waals surface area contributed by atoms with E-state index in [1.165, 1.54) is 0 Å². The molecule has 0 amide bonds. The average Bonchev–Trinajstić information content (AvgIpc) is 3.24. The second kappa shape index (κ2) is 6.52. The number of esters is 1. The second-order valence-electron chi connectivity index (χ2n) is 10.7. The Bertz CT molecular complexity index is 735. The maximum Gasteiger partial charge on any atom is 0.331 e.